The molecule has 2 aromatic rings. The van der Waals surface area contributed by atoms with Gasteiger partial charge in [0.1, 0.15) is 18.2 Å². The second kappa shape index (κ2) is 11.3. The predicted molar refractivity (Wildman–Crippen MR) is 127 cm³/mol. The molecule has 1 amide bonds. The molecular formula is C26H32ClFN2O3. The number of carbonyl (C=O) groups excluding carboxylic acids is 1. The molecule has 0 spiro atoms. The van der Waals surface area contributed by atoms with Crippen molar-refractivity contribution in [3.63, 3.8) is 0 Å². The van der Waals surface area contributed by atoms with Gasteiger partial charge in [0.25, 0.3) is 5.91 Å². The van der Waals surface area contributed by atoms with Gasteiger partial charge >= 0.3 is 0 Å². The van der Waals surface area contributed by atoms with Gasteiger partial charge in [0.2, 0.25) is 0 Å². The molecule has 2 aliphatic heterocycles. The first kappa shape index (κ1) is 24.0. The fraction of sp³-hybridized carbons (Fsp3) is 0.500. The Morgan fingerprint density at radius 3 is 2.76 bits per heavy atom. The molecule has 0 unspecified atom stereocenters. The first-order chi connectivity index (χ1) is 16.1. The van der Waals surface area contributed by atoms with Crippen molar-refractivity contribution in [3.8, 4) is 5.75 Å². The van der Waals surface area contributed by atoms with Crippen molar-refractivity contribution in [1.29, 1.82) is 0 Å². The summed E-state index contributed by atoms with van der Waals surface area (Å²) in [6.07, 6.45) is 4.83. The number of hydrogen-bond acceptors (Lipinski definition) is 4. The maximum atomic E-state index is 13.9. The molecule has 0 aliphatic carbocycles. The lowest BCUT2D eigenvalue weighted by Gasteiger charge is -2.41. The molecule has 0 saturated carbocycles. The Hall–Kier alpha value is -2.15. The summed E-state index contributed by atoms with van der Waals surface area (Å²) in [5, 5.41) is 0.137. The number of rotatable bonds is 3. The SMILES string of the molecule is CO[C@H]1CCCN2C(=O)c3ccccc3OCCN(Cc3ccc(Cl)c(F)c3)CCCC[C@@H]12. The molecule has 0 N–H and O–H groups in total. The molecule has 178 valence electrons. The third-order valence-electron chi connectivity index (χ3n) is 6.68. The number of amides is 1. The van der Waals surface area contributed by atoms with Gasteiger partial charge in [-0.1, -0.05) is 36.2 Å². The largest absolute Gasteiger partial charge is 0.491 e. The third-order valence-corrected chi connectivity index (χ3v) is 6.98. The Labute approximate surface area is 200 Å². The van der Waals surface area contributed by atoms with E-state index in [0.717, 1.165) is 50.8 Å². The molecule has 0 radical (unpaired) electrons. The molecule has 0 aromatic heterocycles. The van der Waals surface area contributed by atoms with Crippen LogP contribution in [0.3, 0.4) is 0 Å². The number of methoxy groups -OCH3 is 1. The van der Waals surface area contributed by atoms with Crippen molar-refractivity contribution in [3.05, 3.63) is 64.4 Å². The Kier molecular flexibility index (Phi) is 8.23. The highest BCUT2D eigenvalue weighted by Gasteiger charge is 2.35. The first-order valence-electron chi connectivity index (χ1n) is 11.8. The van der Waals surface area contributed by atoms with Crippen molar-refractivity contribution < 1.29 is 18.7 Å². The Morgan fingerprint density at radius 1 is 1.09 bits per heavy atom. The van der Waals surface area contributed by atoms with Gasteiger partial charge in [0.15, 0.2) is 0 Å². The van der Waals surface area contributed by atoms with E-state index < -0.39 is 5.82 Å². The average molecular weight is 475 g/mol. The summed E-state index contributed by atoms with van der Waals surface area (Å²) < 4.78 is 25.8. The van der Waals surface area contributed by atoms with E-state index in [1.165, 1.54) is 6.07 Å². The standard InChI is InChI=1S/C26H32ClFN2O3/c1-32-25-10-6-14-30-23(25)8-4-5-13-29(18-19-11-12-21(27)22(28)17-19)15-16-33-24-9-3-2-7-20(24)26(30)31/h2-3,7,9,11-12,17,23,25H,4-6,8,10,13-16,18H2,1H3/t23-,25-/m0/s1. The average Bonchev–Trinajstić information content (AvgIpc) is 2.84. The summed E-state index contributed by atoms with van der Waals surface area (Å²) >= 11 is 5.85. The van der Waals surface area contributed by atoms with Crippen LogP contribution in [0.5, 0.6) is 5.75 Å². The molecule has 5 nitrogen and oxygen atoms in total. The maximum absolute atomic E-state index is 13.9. The van der Waals surface area contributed by atoms with Crippen LogP contribution in [0.2, 0.25) is 5.02 Å². The number of ether oxygens (including phenoxy) is 2. The van der Waals surface area contributed by atoms with Crippen LogP contribution in [0, 0.1) is 5.82 Å². The summed E-state index contributed by atoms with van der Waals surface area (Å²) in [5.74, 6) is 0.231. The van der Waals surface area contributed by atoms with Crippen molar-refractivity contribution in [2.45, 2.75) is 50.8 Å². The minimum Gasteiger partial charge on any atom is -0.491 e. The number of piperidine rings is 1. The first-order valence-corrected chi connectivity index (χ1v) is 12.2. The van der Waals surface area contributed by atoms with E-state index in [1.54, 1.807) is 13.2 Å². The lowest BCUT2D eigenvalue weighted by molar-refractivity contribution is -0.0155. The fourth-order valence-electron chi connectivity index (χ4n) is 4.95. The topological polar surface area (TPSA) is 42.0 Å². The second-order valence-electron chi connectivity index (χ2n) is 8.85. The molecule has 2 aromatic carbocycles. The molecule has 2 atom stereocenters. The van der Waals surface area contributed by atoms with E-state index in [1.807, 2.05) is 35.2 Å². The van der Waals surface area contributed by atoms with E-state index >= 15 is 0 Å². The number of nitrogens with zero attached hydrogens (tertiary/aromatic N) is 2. The number of halogens is 2. The summed E-state index contributed by atoms with van der Waals surface area (Å²) in [6, 6.07) is 12.5. The summed E-state index contributed by atoms with van der Waals surface area (Å²) in [6.45, 7) is 3.36. The number of hydrogen-bond donors (Lipinski definition) is 0. The molecule has 0 bridgehead atoms. The highest BCUT2D eigenvalue weighted by atomic mass is 35.5. The van der Waals surface area contributed by atoms with Gasteiger partial charge < -0.3 is 14.4 Å². The number of benzene rings is 2. The van der Waals surface area contributed by atoms with E-state index in [4.69, 9.17) is 21.1 Å². The second-order valence-corrected chi connectivity index (χ2v) is 9.25. The summed E-state index contributed by atoms with van der Waals surface area (Å²) in [7, 11) is 1.74. The lowest BCUT2D eigenvalue weighted by atomic mass is 9.93. The monoisotopic (exact) mass is 474 g/mol. The highest BCUT2D eigenvalue weighted by molar-refractivity contribution is 6.30. The van der Waals surface area contributed by atoms with Gasteiger partial charge in [-0.25, -0.2) is 4.39 Å². The van der Waals surface area contributed by atoms with Crippen LogP contribution in [0.25, 0.3) is 0 Å². The number of para-hydroxylation sites is 1. The zero-order valence-electron chi connectivity index (χ0n) is 19.1. The highest BCUT2D eigenvalue weighted by Crippen LogP contribution is 2.29. The third kappa shape index (κ3) is 5.86. The van der Waals surface area contributed by atoms with E-state index in [-0.39, 0.29) is 23.1 Å². The molecule has 2 heterocycles. The van der Waals surface area contributed by atoms with Gasteiger partial charge in [-0.15, -0.1) is 0 Å². The molecule has 1 saturated heterocycles. The Bertz CT molecular complexity index is 957. The summed E-state index contributed by atoms with van der Waals surface area (Å²) in [4.78, 5) is 17.8. The lowest BCUT2D eigenvalue weighted by Crippen LogP contribution is -2.51. The Morgan fingerprint density at radius 2 is 1.94 bits per heavy atom. The number of fused-ring (bicyclic) bond motifs is 2. The minimum atomic E-state index is -0.397. The van der Waals surface area contributed by atoms with E-state index in [2.05, 4.69) is 4.90 Å². The molecule has 7 heteroatoms. The zero-order valence-corrected chi connectivity index (χ0v) is 19.9. The van der Waals surface area contributed by atoms with Crippen molar-refractivity contribution in [1.82, 2.24) is 9.80 Å². The zero-order chi connectivity index (χ0) is 23.2. The Balaban J connectivity index is 1.55. The van der Waals surface area contributed by atoms with Gasteiger partial charge in [0.05, 0.1) is 22.7 Å². The van der Waals surface area contributed by atoms with Crippen LogP contribution < -0.4 is 4.74 Å². The number of carbonyl (C=O) groups is 1. The van der Waals surface area contributed by atoms with Crippen LogP contribution in [0.1, 0.15) is 48.0 Å². The molecule has 1 fully saturated rings. The fourth-order valence-corrected chi connectivity index (χ4v) is 5.07. The van der Waals surface area contributed by atoms with Crippen molar-refractivity contribution in [2.24, 2.45) is 0 Å². The van der Waals surface area contributed by atoms with E-state index in [0.29, 0.717) is 31.0 Å². The van der Waals surface area contributed by atoms with Gasteiger partial charge in [0, 0.05) is 26.7 Å². The molecule has 2 aliphatic rings. The van der Waals surface area contributed by atoms with Crippen molar-refractivity contribution in [2.75, 3.05) is 33.4 Å². The molecule has 33 heavy (non-hydrogen) atoms. The van der Waals surface area contributed by atoms with E-state index in [9.17, 15) is 9.18 Å². The predicted octanol–water partition coefficient (Wildman–Crippen LogP) is 5.16. The molecule has 4 rings (SSSR count). The van der Waals surface area contributed by atoms with Gasteiger partial charge in [-0.3, -0.25) is 9.69 Å². The quantitative estimate of drug-likeness (QED) is 0.616. The maximum Gasteiger partial charge on any atom is 0.257 e. The normalized spacial score (nSPS) is 22.9. The van der Waals surface area contributed by atoms with Crippen LogP contribution in [0.4, 0.5) is 4.39 Å². The summed E-state index contributed by atoms with van der Waals surface area (Å²) in [5.41, 5.74) is 1.49. The van der Waals surface area contributed by atoms with Gasteiger partial charge in [-0.05, 0) is 62.1 Å². The smallest absolute Gasteiger partial charge is 0.257 e. The van der Waals surface area contributed by atoms with Crippen LogP contribution >= 0.6 is 11.6 Å². The van der Waals surface area contributed by atoms with Crippen LogP contribution in [0.15, 0.2) is 42.5 Å². The van der Waals surface area contributed by atoms with Crippen LogP contribution in [-0.2, 0) is 11.3 Å². The molecular weight excluding hydrogens is 443 g/mol. The van der Waals surface area contributed by atoms with Gasteiger partial charge in [-0.2, -0.15) is 0 Å². The minimum absolute atomic E-state index is 0.0186. The van der Waals surface area contributed by atoms with Crippen LogP contribution in [-0.4, -0.2) is 61.2 Å². The van der Waals surface area contributed by atoms with Crippen molar-refractivity contribution >= 4 is 17.5 Å².